The van der Waals surface area contributed by atoms with E-state index in [1.807, 2.05) is 6.07 Å². The van der Waals surface area contributed by atoms with Crippen molar-refractivity contribution < 1.29 is 4.74 Å². The van der Waals surface area contributed by atoms with E-state index < -0.39 is 0 Å². The van der Waals surface area contributed by atoms with E-state index in [1.54, 1.807) is 0 Å². The Morgan fingerprint density at radius 3 is 2.62 bits per heavy atom. The van der Waals surface area contributed by atoms with Crippen LogP contribution in [0.15, 0.2) is 30.3 Å². The molecular weight excluding hydrogens is 222 g/mol. The fourth-order valence-corrected chi connectivity index (χ4v) is 1.57. The van der Waals surface area contributed by atoms with Gasteiger partial charge in [-0.2, -0.15) is 0 Å². The molecule has 0 atom stereocenters. The second-order valence-corrected chi connectivity index (χ2v) is 4.02. The number of rotatable bonds is 9. The summed E-state index contributed by atoms with van der Waals surface area (Å²) in [6, 6.07) is 10.5. The zero-order valence-electron chi connectivity index (χ0n) is 9.62. The van der Waals surface area contributed by atoms with E-state index in [2.05, 4.69) is 29.6 Å². The van der Waals surface area contributed by atoms with Gasteiger partial charge in [-0.15, -0.1) is 11.6 Å². The maximum absolute atomic E-state index is 5.49. The van der Waals surface area contributed by atoms with E-state index in [1.165, 1.54) is 5.56 Å². The molecule has 0 aliphatic heterocycles. The van der Waals surface area contributed by atoms with Gasteiger partial charge < -0.3 is 10.1 Å². The Kier molecular flexibility index (Phi) is 8.13. The van der Waals surface area contributed by atoms with Gasteiger partial charge in [0.2, 0.25) is 0 Å². The minimum absolute atomic E-state index is 0.585. The molecule has 2 nitrogen and oxygen atoms in total. The first kappa shape index (κ1) is 13.5. The van der Waals surface area contributed by atoms with Crippen LogP contribution >= 0.6 is 11.6 Å². The van der Waals surface area contributed by atoms with Gasteiger partial charge in [0, 0.05) is 12.5 Å². The molecule has 0 unspecified atom stereocenters. The van der Waals surface area contributed by atoms with E-state index in [-0.39, 0.29) is 0 Å². The molecule has 90 valence electrons. The Hall–Kier alpha value is -0.570. The Morgan fingerprint density at radius 1 is 1.06 bits per heavy atom. The third kappa shape index (κ3) is 6.83. The van der Waals surface area contributed by atoms with Gasteiger partial charge in [-0.1, -0.05) is 30.3 Å². The summed E-state index contributed by atoms with van der Waals surface area (Å²) in [5.41, 5.74) is 1.38. The van der Waals surface area contributed by atoms with E-state index in [0.29, 0.717) is 12.5 Å². The van der Waals surface area contributed by atoms with Crippen molar-refractivity contribution in [2.45, 2.75) is 12.8 Å². The third-order valence-corrected chi connectivity index (χ3v) is 2.45. The Labute approximate surface area is 103 Å². The molecule has 0 saturated carbocycles. The predicted molar refractivity (Wildman–Crippen MR) is 69.2 cm³/mol. The molecule has 0 radical (unpaired) electrons. The second kappa shape index (κ2) is 9.64. The summed E-state index contributed by atoms with van der Waals surface area (Å²) >= 11 is 5.49. The number of halogens is 1. The zero-order chi connectivity index (χ0) is 11.5. The van der Waals surface area contributed by atoms with Crippen molar-refractivity contribution in [3.8, 4) is 0 Å². The van der Waals surface area contributed by atoms with E-state index in [4.69, 9.17) is 16.3 Å². The van der Waals surface area contributed by atoms with Gasteiger partial charge in [-0.3, -0.25) is 0 Å². The molecule has 1 aromatic rings. The van der Waals surface area contributed by atoms with Crippen LogP contribution in [0.4, 0.5) is 0 Å². The van der Waals surface area contributed by atoms with Crippen molar-refractivity contribution in [3.63, 3.8) is 0 Å². The molecule has 0 fully saturated rings. The summed E-state index contributed by atoms with van der Waals surface area (Å²) in [5.74, 6) is 0.585. The normalized spacial score (nSPS) is 10.6. The van der Waals surface area contributed by atoms with Gasteiger partial charge in [-0.05, 0) is 31.5 Å². The van der Waals surface area contributed by atoms with Gasteiger partial charge in [0.15, 0.2) is 0 Å². The monoisotopic (exact) mass is 241 g/mol. The van der Waals surface area contributed by atoms with Gasteiger partial charge in [0.05, 0.1) is 6.61 Å². The molecule has 1 aromatic carbocycles. The SMILES string of the molecule is ClCCOCCCNCCc1ccccc1. The van der Waals surface area contributed by atoms with Gasteiger partial charge in [0.1, 0.15) is 0 Å². The number of ether oxygens (including phenoxy) is 1. The van der Waals surface area contributed by atoms with E-state index in [9.17, 15) is 0 Å². The molecule has 0 saturated heterocycles. The van der Waals surface area contributed by atoms with Crippen molar-refractivity contribution in [2.24, 2.45) is 0 Å². The molecule has 0 spiro atoms. The van der Waals surface area contributed by atoms with Crippen molar-refractivity contribution >= 4 is 11.6 Å². The molecule has 0 amide bonds. The summed E-state index contributed by atoms with van der Waals surface area (Å²) < 4.78 is 5.28. The van der Waals surface area contributed by atoms with E-state index in [0.717, 1.165) is 32.5 Å². The van der Waals surface area contributed by atoms with Crippen LogP contribution in [0.5, 0.6) is 0 Å². The molecule has 0 bridgehead atoms. The fourth-order valence-electron chi connectivity index (χ4n) is 1.46. The van der Waals surface area contributed by atoms with Gasteiger partial charge in [-0.25, -0.2) is 0 Å². The Morgan fingerprint density at radius 2 is 1.88 bits per heavy atom. The fraction of sp³-hybridized carbons (Fsp3) is 0.538. The number of nitrogens with one attached hydrogen (secondary N) is 1. The van der Waals surface area contributed by atoms with Crippen LogP contribution in [0.1, 0.15) is 12.0 Å². The smallest absolute Gasteiger partial charge is 0.0601 e. The summed E-state index contributed by atoms with van der Waals surface area (Å²) in [6.45, 7) is 3.49. The summed E-state index contributed by atoms with van der Waals surface area (Å²) in [6.07, 6.45) is 2.13. The minimum atomic E-state index is 0.585. The number of alkyl halides is 1. The zero-order valence-corrected chi connectivity index (χ0v) is 10.4. The number of benzene rings is 1. The highest BCUT2D eigenvalue weighted by molar-refractivity contribution is 6.17. The number of hydrogen-bond acceptors (Lipinski definition) is 2. The lowest BCUT2D eigenvalue weighted by atomic mass is 10.1. The maximum Gasteiger partial charge on any atom is 0.0601 e. The summed E-state index contributed by atoms with van der Waals surface area (Å²) in [5, 5.41) is 3.40. The second-order valence-electron chi connectivity index (χ2n) is 3.64. The van der Waals surface area contributed by atoms with Crippen molar-refractivity contribution in [1.29, 1.82) is 0 Å². The molecule has 3 heteroatoms. The average Bonchev–Trinajstić information content (AvgIpc) is 2.34. The highest BCUT2D eigenvalue weighted by Crippen LogP contribution is 1.97. The van der Waals surface area contributed by atoms with Gasteiger partial charge in [0.25, 0.3) is 0 Å². The summed E-state index contributed by atoms with van der Waals surface area (Å²) in [7, 11) is 0. The molecule has 0 aliphatic carbocycles. The first-order valence-electron chi connectivity index (χ1n) is 5.82. The molecule has 0 aliphatic rings. The maximum atomic E-state index is 5.49. The minimum Gasteiger partial charge on any atom is -0.380 e. The molecule has 1 N–H and O–H groups in total. The first-order valence-corrected chi connectivity index (χ1v) is 6.35. The largest absolute Gasteiger partial charge is 0.380 e. The van der Waals surface area contributed by atoms with Crippen LogP contribution in [0.25, 0.3) is 0 Å². The lowest BCUT2D eigenvalue weighted by Crippen LogP contribution is -2.19. The first-order chi connectivity index (χ1) is 7.93. The van der Waals surface area contributed by atoms with Crippen LogP contribution in [-0.4, -0.2) is 32.2 Å². The van der Waals surface area contributed by atoms with E-state index >= 15 is 0 Å². The Bertz CT molecular complexity index is 253. The molecular formula is C13H20ClNO. The van der Waals surface area contributed by atoms with Crippen LogP contribution in [-0.2, 0) is 11.2 Å². The lowest BCUT2D eigenvalue weighted by molar-refractivity contribution is 0.146. The third-order valence-electron chi connectivity index (χ3n) is 2.30. The van der Waals surface area contributed by atoms with Crippen LogP contribution < -0.4 is 5.32 Å². The molecule has 0 heterocycles. The molecule has 16 heavy (non-hydrogen) atoms. The summed E-state index contributed by atoms with van der Waals surface area (Å²) in [4.78, 5) is 0. The lowest BCUT2D eigenvalue weighted by Gasteiger charge is -2.05. The molecule has 1 rings (SSSR count). The van der Waals surface area contributed by atoms with Crippen molar-refractivity contribution in [3.05, 3.63) is 35.9 Å². The topological polar surface area (TPSA) is 21.3 Å². The Balaban J connectivity index is 1.89. The molecule has 0 aromatic heterocycles. The highest BCUT2D eigenvalue weighted by atomic mass is 35.5. The van der Waals surface area contributed by atoms with Gasteiger partial charge >= 0.3 is 0 Å². The van der Waals surface area contributed by atoms with Crippen molar-refractivity contribution in [1.82, 2.24) is 5.32 Å². The van der Waals surface area contributed by atoms with Crippen LogP contribution in [0.2, 0.25) is 0 Å². The predicted octanol–water partition coefficient (Wildman–Crippen LogP) is 2.46. The number of hydrogen-bond donors (Lipinski definition) is 1. The van der Waals surface area contributed by atoms with Crippen LogP contribution in [0, 0.1) is 0 Å². The quantitative estimate of drug-likeness (QED) is 0.530. The average molecular weight is 242 g/mol. The van der Waals surface area contributed by atoms with Crippen LogP contribution in [0.3, 0.4) is 0 Å². The highest BCUT2D eigenvalue weighted by Gasteiger charge is 1.92. The van der Waals surface area contributed by atoms with Crippen molar-refractivity contribution in [2.75, 3.05) is 32.2 Å². The standard InChI is InChI=1S/C13H20ClNO/c14-8-12-16-11-4-9-15-10-7-13-5-2-1-3-6-13/h1-3,5-6,15H,4,7-12H2.